The zero-order valence-corrected chi connectivity index (χ0v) is 20.0. The van der Waals surface area contributed by atoms with Crippen LogP contribution < -0.4 is 0 Å². The molecule has 0 amide bonds. The van der Waals surface area contributed by atoms with Crippen molar-refractivity contribution in [1.82, 2.24) is 0 Å². The first-order valence-corrected chi connectivity index (χ1v) is 12.7. The number of fused-ring (bicyclic) bond motifs is 3. The molecule has 0 atom stereocenters. The summed E-state index contributed by atoms with van der Waals surface area (Å²) in [6.07, 6.45) is 19.1. The van der Waals surface area contributed by atoms with Crippen molar-refractivity contribution in [3.8, 4) is 11.1 Å². The molecule has 0 radical (unpaired) electrons. The quantitative estimate of drug-likeness (QED) is 0.213. The maximum atomic E-state index is 3.99. The second-order valence-electron chi connectivity index (χ2n) is 9.45. The first kappa shape index (κ1) is 23.6. The second-order valence-corrected chi connectivity index (χ2v) is 9.45. The summed E-state index contributed by atoms with van der Waals surface area (Å²) in [6, 6.07) is 14.4. The van der Waals surface area contributed by atoms with Crippen molar-refractivity contribution in [3.05, 3.63) is 84.0 Å². The van der Waals surface area contributed by atoms with Gasteiger partial charge >= 0.3 is 0 Å². The summed E-state index contributed by atoms with van der Waals surface area (Å²) in [5.41, 5.74) is 9.09. The fourth-order valence-corrected chi connectivity index (χ4v) is 5.55. The Morgan fingerprint density at radius 1 is 0.645 bits per heavy atom. The second kappa shape index (κ2) is 11.5. The Bertz CT molecular complexity index is 796. The van der Waals surface area contributed by atoms with Crippen molar-refractivity contribution in [2.45, 2.75) is 96.3 Å². The Hall–Kier alpha value is -2.08. The summed E-state index contributed by atoms with van der Waals surface area (Å²) in [6.45, 7) is 12.6. The van der Waals surface area contributed by atoms with E-state index in [0.717, 1.165) is 12.8 Å². The van der Waals surface area contributed by atoms with E-state index < -0.39 is 0 Å². The van der Waals surface area contributed by atoms with Gasteiger partial charge in [-0.1, -0.05) is 114 Å². The van der Waals surface area contributed by atoms with E-state index in [4.69, 9.17) is 0 Å². The Balaban J connectivity index is 2.09. The molecule has 0 aromatic heterocycles. The van der Waals surface area contributed by atoms with Gasteiger partial charge in [-0.15, -0.1) is 13.2 Å². The highest BCUT2D eigenvalue weighted by Crippen LogP contribution is 2.54. The molecule has 0 saturated carbocycles. The van der Waals surface area contributed by atoms with Gasteiger partial charge in [0.05, 0.1) is 0 Å². The minimum atomic E-state index is 0.167. The van der Waals surface area contributed by atoms with E-state index in [1.807, 2.05) is 12.2 Å². The molecule has 31 heavy (non-hydrogen) atoms. The molecule has 0 saturated heterocycles. The van der Waals surface area contributed by atoms with Crippen LogP contribution in [0.2, 0.25) is 0 Å². The Morgan fingerprint density at radius 2 is 1.10 bits per heavy atom. The van der Waals surface area contributed by atoms with Crippen LogP contribution in [0.5, 0.6) is 0 Å². The summed E-state index contributed by atoms with van der Waals surface area (Å²) in [5, 5.41) is 0. The van der Waals surface area contributed by atoms with Gasteiger partial charge in [-0.05, 0) is 59.1 Å². The minimum Gasteiger partial charge on any atom is -0.103 e. The van der Waals surface area contributed by atoms with Crippen LogP contribution in [0.4, 0.5) is 0 Å². The number of benzene rings is 2. The van der Waals surface area contributed by atoms with Crippen LogP contribution in [-0.2, 0) is 18.3 Å². The molecule has 0 N–H and O–H groups in total. The molecule has 1 aliphatic carbocycles. The zero-order valence-electron chi connectivity index (χ0n) is 20.0. The topological polar surface area (TPSA) is 0 Å². The monoisotopic (exact) mass is 414 g/mol. The van der Waals surface area contributed by atoms with Crippen molar-refractivity contribution in [3.63, 3.8) is 0 Å². The van der Waals surface area contributed by atoms with Crippen LogP contribution in [0.25, 0.3) is 11.1 Å². The van der Waals surface area contributed by atoms with Gasteiger partial charge in [-0.3, -0.25) is 0 Å². The number of unbranched alkanes of at least 4 members (excludes halogenated alkanes) is 6. The lowest BCUT2D eigenvalue weighted by atomic mass is 9.70. The van der Waals surface area contributed by atoms with E-state index >= 15 is 0 Å². The highest BCUT2D eigenvalue weighted by Gasteiger charge is 2.42. The first-order valence-electron chi connectivity index (χ1n) is 12.7. The third kappa shape index (κ3) is 5.22. The molecule has 0 bridgehead atoms. The maximum Gasteiger partial charge on any atom is 0.0215 e. The average Bonchev–Trinajstić information content (AvgIpc) is 3.04. The van der Waals surface area contributed by atoms with Crippen LogP contribution in [0.3, 0.4) is 0 Å². The predicted octanol–water partition coefficient (Wildman–Crippen LogP) is 9.35. The molecule has 0 heterocycles. The van der Waals surface area contributed by atoms with Crippen LogP contribution in [0, 0.1) is 0 Å². The molecule has 1 aliphatic rings. The smallest absolute Gasteiger partial charge is 0.0215 e. The van der Waals surface area contributed by atoms with Crippen LogP contribution in [0.15, 0.2) is 61.7 Å². The van der Waals surface area contributed by atoms with Crippen molar-refractivity contribution in [1.29, 1.82) is 0 Å². The van der Waals surface area contributed by atoms with E-state index in [0.29, 0.717) is 0 Å². The Labute approximate surface area is 191 Å². The van der Waals surface area contributed by atoms with Gasteiger partial charge in [0.1, 0.15) is 0 Å². The molecular formula is C31H42. The number of hydrogen-bond acceptors (Lipinski definition) is 0. The molecule has 2 aromatic carbocycles. The molecule has 3 rings (SSSR count). The summed E-state index contributed by atoms with van der Waals surface area (Å²) < 4.78 is 0. The van der Waals surface area contributed by atoms with Gasteiger partial charge < -0.3 is 0 Å². The molecule has 0 fully saturated rings. The standard InChI is InChI=1S/C31H42/c1-5-9-11-13-21-31(22-14-12-10-6-2)29-23-25(15-7-3)17-19-27(29)28-20-18-26(16-8-4)24-30(28)31/h7-8,17-20,23-24H,3-6,9-16,21-22H2,1-2H3. The lowest BCUT2D eigenvalue weighted by Crippen LogP contribution is -2.26. The predicted molar refractivity (Wildman–Crippen MR) is 138 cm³/mol. The SMILES string of the molecule is C=CCc1ccc2c(c1)C(CCCCCC)(CCCCCC)c1cc(CC=C)ccc1-2. The molecule has 0 unspecified atom stereocenters. The third-order valence-corrected chi connectivity index (χ3v) is 7.16. The molecule has 0 spiro atoms. The van der Waals surface area contributed by atoms with Crippen molar-refractivity contribution in [2.24, 2.45) is 0 Å². The first-order chi connectivity index (χ1) is 15.2. The molecule has 166 valence electrons. The van der Waals surface area contributed by atoms with Gasteiger partial charge in [0, 0.05) is 5.41 Å². The molecule has 0 heteroatoms. The fourth-order valence-electron chi connectivity index (χ4n) is 5.55. The summed E-state index contributed by atoms with van der Waals surface area (Å²) in [4.78, 5) is 0. The molecule has 0 nitrogen and oxygen atoms in total. The molecule has 0 aliphatic heterocycles. The lowest BCUT2D eigenvalue weighted by molar-refractivity contribution is 0.400. The Kier molecular flexibility index (Phi) is 8.76. The zero-order chi connectivity index (χ0) is 22.1. The van der Waals surface area contributed by atoms with E-state index in [1.54, 1.807) is 11.1 Å². The summed E-state index contributed by atoms with van der Waals surface area (Å²) >= 11 is 0. The van der Waals surface area contributed by atoms with Gasteiger partial charge in [-0.2, -0.15) is 0 Å². The number of allylic oxidation sites excluding steroid dienone is 2. The van der Waals surface area contributed by atoms with Gasteiger partial charge in [0.2, 0.25) is 0 Å². The summed E-state index contributed by atoms with van der Waals surface area (Å²) in [5.74, 6) is 0. The van der Waals surface area contributed by atoms with Crippen molar-refractivity contribution in [2.75, 3.05) is 0 Å². The third-order valence-electron chi connectivity index (χ3n) is 7.16. The maximum absolute atomic E-state index is 3.99. The van der Waals surface area contributed by atoms with E-state index in [9.17, 15) is 0 Å². The van der Waals surface area contributed by atoms with E-state index in [2.05, 4.69) is 63.4 Å². The van der Waals surface area contributed by atoms with Crippen molar-refractivity contribution < 1.29 is 0 Å². The van der Waals surface area contributed by atoms with Gasteiger partial charge in [0.25, 0.3) is 0 Å². The highest BCUT2D eigenvalue weighted by atomic mass is 14.4. The summed E-state index contributed by atoms with van der Waals surface area (Å²) in [7, 11) is 0. The van der Waals surface area contributed by atoms with E-state index in [1.165, 1.54) is 86.5 Å². The molecular weight excluding hydrogens is 372 g/mol. The van der Waals surface area contributed by atoms with E-state index in [-0.39, 0.29) is 5.41 Å². The fraction of sp³-hybridized carbons (Fsp3) is 0.484. The van der Waals surface area contributed by atoms with Crippen LogP contribution >= 0.6 is 0 Å². The Morgan fingerprint density at radius 3 is 1.48 bits per heavy atom. The van der Waals surface area contributed by atoms with Crippen molar-refractivity contribution >= 4 is 0 Å². The molecule has 2 aromatic rings. The van der Waals surface area contributed by atoms with Crippen LogP contribution in [-0.4, -0.2) is 0 Å². The minimum absolute atomic E-state index is 0.167. The largest absolute Gasteiger partial charge is 0.103 e. The lowest BCUT2D eigenvalue weighted by Gasteiger charge is -2.33. The number of hydrogen-bond donors (Lipinski definition) is 0. The normalized spacial score (nSPS) is 13.6. The van der Waals surface area contributed by atoms with Gasteiger partial charge in [-0.25, -0.2) is 0 Å². The number of rotatable bonds is 14. The average molecular weight is 415 g/mol. The van der Waals surface area contributed by atoms with Gasteiger partial charge in [0.15, 0.2) is 0 Å². The van der Waals surface area contributed by atoms with Crippen LogP contribution in [0.1, 0.15) is 100 Å². The highest BCUT2D eigenvalue weighted by molar-refractivity contribution is 5.81.